The Morgan fingerprint density at radius 2 is 0.836 bits per heavy atom. The Morgan fingerprint density at radius 3 is 1.21 bits per heavy atom. The van der Waals surface area contributed by atoms with Crippen molar-refractivity contribution in [2.75, 3.05) is 0 Å². The number of carbonyl (C=O) groups excluding carboxylic acids is 4. The molecule has 8 nitrogen and oxygen atoms in total. The van der Waals surface area contributed by atoms with Crippen LogP contribution >= 0.6 is 0 Å². The first-order chi connectivity index (χ1) is 29.4. The lowest BCUT2D eigenvalue weighted by Gasteiger charge is -2.42. The molecular formula is C53H60O8. The second kappa shape index (κ2) is 21.2. The van der Waals surface area contributed by atoms with Crippen LogP contribution < -0.4 is 18.9 Å². The molecule has 2 aliphatic rings. The highest BCUT2D eigenvalue weighted by atomic mass is 16.5. The average molecular weight is 825 g/mol. The van der Waals surface area contributed by atoms with Gasteiger partial charge in [0.1, 0.15) is 23.0 Å². The maximum atomic E-state index is 13.1. The summed E-state index contributed by atoms with van der Waals surface area (Å²) in [5, 5.41) is 0. The molecule has 320 valence electrons. The van der Waals surface area contributed by atoms with Crippen molar-refractivity contribution in [3.8, 4) is 23.0 Å². The van der Waals surface area contributed by atoms with Crippen LogP contribution in [-0.2, 0) is 15.0 Å². The van der Waals surface area contributed by atoms with Crippen molar-refractivity contribution in [3.05, 3.63) is 144 Å². The van der Waals surface area contributed by atoms with Gasteiger partial charge in [-0.2, -0.15) is 0 Å². The topological polar surface area (TPSA) is 105 Å². The molecule has 0 amide bonds. The molecule has 0 saturated heterocycles. The number of rotatable bonds is 17. The molecule has 0 N–H and O–H groups in total. The third kappa shape index (κ3) is 12.2. The van der Waals surface area contributed by atoms with Crippen LogP contribution in [0.25, 0.3) is 0 Å². The lowest BCUT2D eigenvalue weighted by Crippen LogP contribution is -2.33. The van der Waals surface area contributed by atoms with E-state index in [1.807, 2.05) is 24.3 Å². The first kappa shape index (κ1) is 44.8. The van der Waals surface area contributed by atoms with Gasteiger partial charge in [-0.25, -0.2) is 19.2 Å². The summed E-state index contributed by atoms with van der Waals surface area (Å²) in [4.78, 5) is 49.9. The second-order valence-corrected chi connectivity index (χ2v) is 17.2. The molecule has 8 heteroatoms. The minimum absolute atomic E-state index is 0.272. The summed E-state index contributed by atoms with van der Waals surface area (Å²) in [6, 6.07) is 28.1. The number of hydrogen-bond acceptors (Lipinski definition) is 8. The van der Waals surface area contributed by atoms with Crippen LogP contribution in [0.5, 0.6) is 23.0 Å². The quantitative estimate of drug-likeness (QED) is 0.0448. The standard InChI is InChI=1S/C53H60O8/c1-6-7-8-9-38-10-12-39(13-11-38)14-15-40-32-34-53(35-33-40,43-20-28-47(29-21-43)60-51(56)41-16-24-45(25-17-41)58-49(54)36(2)3)44-22-30-48(31-23-44)61-52(57)42-18-26-46(27-19-42)59-50(55)37(4)5/h16-31,38-40H,2,4,6-15,32-35H2,1,3,5H3. The summed E-state index contributed by atoms with van der Waals surface area (Å²) < 4.78 is 22.0. The van der Waals surface area contributed by atoms with Crippen molar-refractivity contribution in [1.29, 1.82) is 0 Å². The van der Waals surface area contributed by atoms with E-state index in [0.717, 1.165) is 48.6 Å². The van der Waals surface area contributed by atoms with Crippen LogP contribution in [0, 0.1) is 17.8 Å². The summed E-state index contributed by atoms with van der Waals surface area (Å²) in [5.41, 5.74) is 3.25. The number of carbonyl (C=O) groups is 4. The fourth-order valence-electron chi connectivity index (χ4n) is 8.89. The van der Waals surface area contributed by atoms with Gasteiger partial charge in [0.25, 0.3) is 0 Å². The van der Waals surface area contributed by atoms with E-state index in [0.29, 0.717) is 40.0 Å². The molecule has 4 aromatic carbocycles. The monoisotopic (exact) mass is 824 g/mol. The van der Waals surface area contributed by atoms with Gasteiger partial charge < -0.3 is 18.9 Å². The molecule has 2 fully saturated rings. The Bertz CT molecular complexity index is 2000. The first-order valence-electron chi connectivity index (χ1n) is 22.0. The molecule has 0 spiro atoms. The van der Waals surface area contributed by atoms with Gasteiger partial charge >= 0.3 is 23.9 Å². The molecule has 0 radical (unpaired) electrons. The van der Waals surface area contributed by atoms with Gasteiger partial charge in [-0.05, 0) is 141 Å². The minimum Gasteiger partial charge on any atom is -0.423 e. The van der Waals surface area contributed by atoms with E-state index in [-0.39, 0.29) is 16.6 Å². The van der Waals surface area contributed by atoms with E-state index >= 15 is 0 Å². The Labute approximate surface area is 361 Å². The number of ether oxygens (including phenoxy) is 4. The predicted octanol–water partition coefficient (Wildman–Crippen LogP) is 12.7. The van der Waals surface area contributed by atoms with E-state index in [1.54, 1.807) is 62.4 Å². The zero-order valence-corrected chi connectivity index (χ0v) is 36.0. The third-order valence-corrected chi connectivity index (χ3v) is 12.7. The fraction of sp³-hybridized carbons (Fsp3) is 0.396. The Kier molecular flexibility index (Phi) is 15.5. The van der Waals surface area contributed by atoms with Crippen molar-refractivity contribution in [2.45, 2.75) is 116 Å². The van der Waals surface area contributed by atoms with E-state index in [2.05, 4.69) is 44.3 Å². The number of benzene rings is 4. The molecule has 0 atom stereocenters. The van der Waals surface area contributed by atoms with Crippen LogP contribution in [0.4, 0.5) is 0 Å². The highest BCUT2D eigenvalue weighted by molar-refractivity contribution is 5.93. The normalized spacial score (nSPS) is 17.4. The molecule has 0 heterocycles. The van der Waals surface area contributed by atoms with Gasteiger partial charge in [0.05, 0.1) is 11.1 Å². The van der Waals surface area contributed by atoms with Crippen molar-refractivity contribution in [2.24, 2.45) is 17.8 Å². The Balaban J connectivity index is 1.12. The summed E-state index contributed by atoms with van der Waals surface area (Å²) in [6.07, 6.45) is 17.8. The van der Waals surface area contributed by atoms with Gasteiger partial charge in [-0.15, -0.1) is 0 Å². The lowest BCUT2D eigenvalue weighted by atomic mass is 9.62. The van der Waals surface area contributed by atoms with Gasteiger partial charge in [0, 0.05) is 16.6 Å². The van der Waals surface area contributed by atoms with E-state index in [4.69, 9.17) is 18.9 Å². The van der Waals surface area contributed by atoms with Gasteiger partial charge in [0.15, 0.2) is 0 Å². The van der Waals surface area contributed by atoms with E-state index < -0.39 is 23.9 Å². The van der Waals surface area contributed by atoms with Crippen molar-refractivity contribution >= 4 is 23.9 Å². The van der Waals surface area contributed by atoms with Gasteiger partial charge in [0.2, 0.25) is 0 Å². The SMILES string of the molecule is C=C(C)C(=O)Oc1ccc(C(=O)Oc2ccc(C3(c4ccc(OC(=O)c5ccc(OC(=O)C(=C)C)cc5)cc4)CCC(CCC4CCC(CCCCC)CC4)CC3)cc2)cc1. The third-order valence-electron chi connectivity index (χ3n) is 12.7. The molecule has 0 bridgehead atoms. The summed E-state index contributed by atoms with van der Waals surface area (Å²) in [7, 11) is 0. The minimum atomic E-state index is -0.532. The van der Waals surface area contributed by atoms with E-state index in [1.165, 1.54) is 64.2 Å². The molecule has 2 saturated carbocycles. The van der Waals surface area contributed by atoms with Crippen LogP contribution in [-0.4, -0.2) is 23.9 Å². The van der Waals surface area contributed by atoms with E-state index in [9.17, 15) is 19.2 Å². The molecule has 0 unspecified atom stereocenters. The van der Waals surface area contributed by atoms with Crippen molar-refractivity contribution in [1.82, 2.24) is 0 Å². The maximum Gasteiger partial charge on any atom is 0.343 e. The van der Waals surface area contributed by atoms with Crippen LogP contribution in [0.2, 0.25) is 0 Å². The number of hydrogen-bond donors (Lipinski definition) is 0. The first-order valence-corrected chi connectivity index (χ1v) is 22.0. The highest BCUT2D eigenvalue weighted by Crippen LogP contribution is 2.48. The smallest absolute Gasteiger partial charge is 0.343 e. The van der Waals surface area contributed by atoms with Crippen molar-refractivity contribution < 1.29 is 38.1 Å². The van der Waals surface area contributed by atoms with Crippen molar-refractivity contribution in [3.63, 3.8) is 0 Å². The maximum absolute atomic E-state index is 13.1. The Hall–Kier alpha value is -5.76. The summed E-state index contributed by atoms with van der Waals surface area (Å²) >= 11 is 0. The average Bonchev–Trinajstić information content (AvgIpc) is 3.27. The molecule has 6 rings (SSSR count). The highest BCUT2D eigenvalue weighted by Gasteiger charge is 2.39. The Morgan fingerprint density at radius 1 is 0.492 bits per heavy atom. The fourth-order valence-corrected chi connectivity index (χ4v) is 8.89. The van der Waals surface area contributed by atoms with Crippen LogP contribution in [0.1, 0.15) is 143 Å². The lowest BCUT2D eigenvalue weighted by molar-refractivity contribution is -0.130. The molecule has 61 heavy (non-hydrogen) atoms. The number of unbranched alkanes of at least 4 members (excludes halogenated alkanes) is 2. The zero-order chi connectivity index (χ0) is 43.4. The molecule has 2 aliphatic carbocycles. The van der Waals surface area contributed by atoms with Crippen LogP contribution in [0.15, 0.2) is 121 Å². The zero-order valence-electron chi connectivity index (χ0n) is 36.0. The van der Waals surface area contributed by atoms with Gasteiger partial charge in [-0.3, -0.25) is 0 Å². The second-order valence-electron chi connectivity index (χ2n) is 17.2. The molecular weight excluding hydrogens is 765 g/mol. The molecule has 0 aromatic heterocycles. The molecule has 4 aromatic rings. The number of esters is 4. The summed E-state index contributed by atoms with van der Waals surface area (Å²) in [6.45, 7) is 12.6. The summed E-state index contributed by atoms with van der Waals surface area (Å²) in [5.74, 6) is 1.87. The molecule has 0 aliphatic heterocycles. The van der Waals surface area contributed by atoms with Gasteiger partial charge in [-0.1, -0.05) is 109 Å². The predicted molar refractivity (Wildman–Crippen MR) is 238 cm³/mol. The largest absolute Gasteiger partial charge is 0.423 e. The van der Waals surface area contributed by atoms with Crippen LogP contribution in [0.3, 0.4) is 0 Å².